The monoisotopic (exact) mass is 298 g/mol. The lowest BCUT2D eigenvalue weighted by Gasteiger charge is -2.19. The van der Waals surface area contributed by atoms with Crippen molar-refractivity contribution in [2.45, 2.75) is 26.0 Å². The fourth-order valence-corrected chi connectivity index (χ4v) is 4.13. The van der Waals surface area contributed by atoms with Crippen LogP contribution in [0, 0.1) is 15.5 Å². The first-order valence-corrected chi connectivity index (χ1v) is 8.02. The fourth-order valence-electron chi connectivity index (χ4n) is 2.40. The Morgan fingerprint density at radius 3 is 2.55 bits per heavy atom. The van der Waals surface area contributed by atoms with E-state index in [1.54, 1.807) is 6.07 Å². The smallest absolute Gasteiger partial charge is 0.258 e. The maximum absolute atomic E-state index is 12.4. The SMILES string of the molecule is CC1(C)CCN(S(=O)(=O)Cc2ccccc2[N+](=O)[O-])C1. The summed E-state index contributed by atoms with van der Waals surface area (Å²) in [6.07, 6.45) is 0.809. The molecule has 0 spiro atoms. The zero-order valence-electron chi connectivity index (χ0n) is 11.6. The van der Waals surface area contributed by atoms with E-state index in [1.165, 1.54) is 22.5 Å². The molecule has 0 saturated carbocycles. The van der Waals surface area contributed by atoms with Gasteiger partial charge in [0.2, 0.25) is 10.0 Å². The van der Waals surface area contributed by atoms with Crippen molar-refractivity contribution in [3.63, 3.8) is 0 Å². The van der Waals surface area contributed by atoms with E-state index in [0.29, 0.717) is 13.1 Å². The Morgan fingerprint density at radius 2 is 2.00 bits per heavy atom. The Bertz CT molecular complexity index is 625. The first-order valence-electron chi connectivity index (χ1n) is 6.41. The van der Waals surface area contributed by atoms with Gasteiger partial charge in [-0.3, -0.25) is 10.1 Å². The molecule has 1 aromatic rings. The van der Waals surface area contributed by atoms with Crippen LogP contribution in [0.1, 0.15) is 25.8 Å². The Morgan fingerprint density at radius 1 is 1.35 bits per heavy atom. The number of benzene rings is 1. The number of rotatable bonds is 4. The molecule has 0 aromatic heterocycles. The first kappa shape index (κ1) is 14.9. The largest absolute Gasteiger partial charge is 0.273 e. The molecule has 20 heavy (non-hydrogen) atoms. The van der Waals surface area contributed by atoms with E-state index in [9.17, 15) is 18.5 Å². The normalized spacial score (nSPS) is 19.1. The first-order chi connectivity index (χ1) is 9.21. The summed E-state index contributed by atoms with van der Waals surface area (Å²) in [5.74, 6) is -0.319. The third-order valence-corrected chi connectivity index (χ3v) is 5.34. The number of hydrogen-bond donors (Lipinski definition) is 0. The summed E-state index contributed by atoms with van der Waals surface area (Å²) >= 11 is 0. The molecule has 1 fully saturated rings. The molecule has 0 radical (unpaired) electrons. The Balaban J connectivity index is 2.24. The Kier molecular flexibility index (Phi) is 3.84. The summed E-state index contributed by atoms with van der Waals surface area (Å²) in [5.41, 5.74) is 0.0621. The summed E-state index contributed by atoms with van der Waals surface area (Å²) in [4.78, 5) is 10.4. The zero-order valence-corrected chi connectivity index (χ0v) is 12.4. The van der Waals surface area contributed by atoms with Crippen LogP contribution in [0.15, 0.2) is 24.3 Å². The van der Waals surface area contributed by atoms with Crippen molar-refractivity contribution in [1.29, 1.82) is 0 Å². The van der Waals surface area contributed by atoms with Crippen molar-refractivity contribution in [1.82, 2.24) is 4.31 Å². The van der Waals surface area contributed by atoms with E-state index in [0.717, 1.165) is 6.42 Å². The molecule has 0 bridgehead atoms. The molecular formula is C13H18N2O4S. The summed E-state index contributed by atoms with van der Waals surface area (Å²) < 4.78 is 26.2. The summed E-state index contributed by atoms with van der Waals surface area (Å²) in [5, 5.41) is 10.9. The second-order valence-electron chi connectivity index (χ2n) is 5.89. The highest BCUT2D eigenvalue weighted by molar-refractivity contribution is 7.88. The van der Waals surface area contributed by atoms with Gasteiger partial charge in [-0.1, -0.05) is 32.0 Å². The fraction of sp³-hybridized carbons (Fsp3) is 0.538. The minimum Gasteiger partial charge on any atom is -0.258 e. The molecule has 1 saturated heterocycles. The van der Waals surface area contributed by atoms with Crippen LogP contribution in [0.2, 0.25) is 0 Å². The number of hydrogen-bond acceptors (Lipinski definition) is 4. The van der Waals surface area contributed by atoms with Crippen LogP contribution in [-0.2, 0) is 15.8 Å². The molecule has 1 aliphatic rings. The predicted molar refractivity (Wildman–Crippen MR) is 75.7 cm³/mol. The molecule has 0 unspecified atom stereocenters. The highest BCUT2D eigenvalue weighted by Crippen LogP contribution is 2.32. The van der Waals surface area contributed by atoms with Crippen LogP contribution in [0.3, 0.4) is 0 Å². The van der Waals surface area contributed by atoms with Crippen molar-refractivity contribution in [3.05, 3.63) is 39.9 Å². The predicted octanol–water partition coefficient (Wildman–Crippen LogP) is 2.16. The molecule has 110 valence electrons. The summed E-state index contributed by atoms with van der Waals surface area (Å²) in [6, 6.07) is 5.98. The zero-order chi connectivity index (χ0) is 15.0. The second kappa shape index (κ2) is 5.14. The van der Waals surface area contributed by atoms with Gasteiger partial charge >= 0.3 is 0 Å². The standard InChI is InChI=1S/C13H18N2O4S/c1-13(2)7-8-14(10-13)20(18,19)9-11-5-3-4-6-12(11)15(16)17/h3-6H,7-10H2,1-2H3. The molecule has 1 aromatic carbocycles. The third-order valence-electron chi connectivity index (χ3n) is 3.56. The maximum atomic E-state index is 12.4. The van der Waals surface area contributed by atoms with Gasteiger partial charge in [0.15, 0.2) is 0 Å². The van der Waals surface area contributed by atoms with Gasteiger partial charge < -0.3 is 0 Å². The Hall–Kier alpha value is -1.47. The summed E-state index contributed by atoms with van der Waals surface area (Å²) in [6.45, 7) is 4.99. The highest BCUT2D eigenvalue weighted by atomic mass is 32.2. The lowest BCUT2D eigenvalue weighted by Crippen LogP contribution is -2.31. The lowest BCUT2D eigenvalue weighted by molar-refractivity contribution is -0.385. The highest BCUT2D eigenvalue weighted by Gasteiger charge is 2.36. The molecule has 0 aliphatic carbocycles. The number of nitrogens with zero attached hydrogens (tertiary/aromatic N) is 2. The van der Waals surface area contributed by atoms with Crippen LogP contribution < -0.4 is 0 Å². The van der Waals surface area contributed by atoms with E-state index >= 15 is 0 Å². The van der Waals surface area contributed by atoms with Crippen molar-refractivity contribution in [2.75, 3.05) is 13.1 Å². The van der Waals surface area contributed by atoms with Gasteiger partial charge in [-0.25, -0.2) is 12.7 Å². The topological polar surface area (TPSA) is 80.5 Å². The minimum atomic E-state index is -3.51. The maximum Gasteiger partial charge on any atom is 0.273 e. The van der Waals surface area contributed by atoms with E-state index in [-0.39, 0.29) is 22.4 Å². The van der Waals surface area contributed by atoms with Gasteiger partial charge in [0.05, 0.1) is 10.7 Å². The van der Waals surface area contributed by atoms with Gasteiger partial charge in [-0.15, -0.1) is 0 Å². The van der Waals surface area contributed by atoms with Crippen LogP contribution in [0.4, 0.5) is 5.69 Å². The molecule has 7 heteroatoms. The molecule has 0 atom stereocenters. The van der Waals surface area contributed by atoms with Crippen molar-refractivity contribution < 1.29 is 13.3 Å². The van der Waals surface area contributed by atoms with Crippen molar-refractivity contribution in [2.24, 2.45) is 5.41 Å². The van der Waals surface area contributed by atoms with Crippen LogP contribution in [0.5, 0.6) is 0 Å². The molecule has 2 rings (SSSR count). The second-order valence-corrected chi connectivity index (χ2v) is 7.86. The number of para-hydroxylation sites is 1. The molecule has 1 heterocycles. The van der Waals surface area contributed by atoms with Gasteiger partial charge in [-0.2, -0.15) is 0 Å². The average Bonchev–Trinajstić information content (AvgIpc) is 2.70. The molecule has 6 nitrogen and oxygen atoms in total. The van der Waals surface area contributed by atoms with Crippen LogP contribution in [0.25, 0.3) is 0 Å². The third kappa shape index (κ3) is 3.16. The van der Waals surface area contributed by atoms with Gasteiger partial charge in [0.25, 0.3) is 5.69 Å². The van der Waals surface area contributed by atoms with Gasteiger partial charge in [-0.05, 0) is 11.8 Å². The van der Waals surface area contributed by atoms with Gasteiger partial charge in [0, 0.05) is 24.7 Å². The number of nitro groups is 1. The van der Waals surface area contributed by atoms with Crippen molar-refractivity contribution in [3.8, 4) is 0 Å². The quantitative estimate of drug-likeness (QED) is 0.630. The van der Waals surface area contributed by atoms with Gasteiger partial charge in [0.1, 0.15) is 0 Å². The minimum absolute atomic E-state index is 0.0321. The molecule has 0 N–H and O–H groups in total. The number of sulfonamides is 1. The number of nitro benzene ring substituents is 1. The lowest BCUT2D eigenvalue weighted by atomic mass is 9.93. The van der Waals surface area contributed by atoms with E-state index in [1.807, 2.05) is 13.8 Å². The molecule has 1 aliphatic heterocycles. The average molecular weight is 298 g/mol. The van der Waals surface area contributed by atoms with Crippen molar-refractivity contribution >= 4 is 15.7 Å². The van der Waals surface area contributed by atoms with E-state index in [2.05, 4.69) is 0 Å². The van der Waals surface area contributed by atoms with E-state index < -0.39 is 14.9 Å². The summed E-state index contributed by atoms with van der Waals surface area (Å²) in [7, 11) is -3.51. The van der Waals surface area contributed by atoms with Crippen LogP contribution >= 0.6 is 0 Å². The van der Waals surface area contributed by atoms with E-state index in [4.69, 9.17) is 0 Å². The van der Waals surface area contributed by atoms with Crippen LogP contribution in [-0.4, -0.2) is 30.7 Å². The molecular weight excluding hydrogens is 280 g/mol. The Labute approximate surface area is 118 Å². The molecule has 0 amide bonds.